The minimum absolute atomic E-state index is 0.0388. The van der Waals surface area contributed by atoms with Gasteiger partial charge in [0.2, 0.25) is 5.91 Å². The highest BCUT2D eigenvalue weighted by molar-refractivity contribution is 5.81. The van der Waals surface area contributed by atoms with Crippen molar-refractivity contribution in [3.63, 3.8) is 0 Å². The lowest BCUT2D eigenvalue weighted by Crippen LogP contribution is -2.38. The predicted octanol–water partition coefficient (Wildman–Crippen LogP) is 2.37. The van der Waals surface area contributed by atoms with Crippen LogP contribution in [0.3, 0.4) is 0 Å². The van der Waals surface area contributed by atoms with Crippen molar-refractivity contribution in [2.75, 3.05) is 6.61 Å². The Labute approximate surface area is 124 Å². The zero-order valence-corrected chi connectivity index (χ0v) is 12.5. The number of fused-ring (bicyclic) bond motifs is 1. The van der Waals surface area contributed by atoms with Gasteiger partial charge in [0.1, 0.15) is 11.9 Å². The number of nitrogens with one attached hydrogen (secondary N) is 2. The monoisotopic (exact) mass is 287 g/mol. The van der Waals surface area contributed by atoms with Crippen LogP contribution in [0.2, 0.25) is 0 Å². The van der Waals surface area contributed by atoms with E-state index in [4.69, 9.17) is 4.74 Å². The number of imidazole rings is 1. The molecule has 0 radical (unpaired) electrons. The Morgan fingerprint density at radius 1 is 1.43 bits per heavy atom. The number of hydrogen-bond acceptors (Lipinski definition) is 3. The van der Waals surface area contributed by atoms with Gasteiger partial charge in [-0.15, -0.1) is 0 Å². The molecule has 1 aromatic carbocycles. The molecule has 0 saturated carbocycles. The fraction of sp³-hybridized carbons (Fsp3) is 0.500. The molecule has 21 heavy (non-hydrogen) atoms. The summed E-state index contributed by atoms with van der Waals surface area (Å²) in [7, 11) is 0. The molecule has 1 fully saturated rings. The fourth-order valence-corrected chi connectivity index (χ4v) is 2.68. The molecule has 5 heteroatoms. The number of ether oxygens (including phenoxy) is 1. The van der Waals surface area contributed by atoms with Crippen LogP contribution in [0, 0.1) is 13.8 Å². The summed E-state index contributed by atoms with van der Waals surface area (Å²) in [5, 5.41) is 2.91. The van der Waals surface area contributed by atoms with Crippen molar-refractivity contribution in [2.24, 2.45) is 0 Å². The summed E-state index contributed by atoms with van der Waals surface area (Å²) in [6.07, 6.45) is 2.62. The Kier molecular flexibility index (Phi) is 3.92. The Balaban J connectivity index is 1.68. The number of benzene rings is 1. The van der Waals surface area contributed by atoms with Crippen LogP contribution in [0.15, 0.2) is 12.1 Å². The average Bonchev–Trinajstić information content (AvgIpc) is 2.93. The molecule has 1 aromatic heterocycles. The number of amides is 1. The summed E-state index contributed by atoms with van der Waals surface area (Å²) in [6, 6.07) is 4.11. The van der Waals surface area contributed by atoms with Gasteiger partial charge in [0.05, 0.1) is 17.6 Å². The SMILES string of the molecule is Cc1ccc2[nH]c(CNC(=O)[C@@H]3CCCCO3)nc2c1C. The number of aromatic amines is 1. The summed E-state index contributed by atoms with van der Waals surface area (Å²) in [5.41, 5.74) is 4.39. The molecular weight excluding hydrogens is 266 g/mol. The van der Waals surface area contributed by atoms with Crippen LogP contribution in [-0.4, -0.2) is 28.6 Å². The first-order chi connectivity index (χ1) is 10.1. The van der Waals surface area contributed by atoms with E-state index in [1.807, 2.05) is 6.07 Å². The second kappa shape index (κ2) is 5.85. The van der Waals surface area contributed by atoms with E-state index in [9.17, 15) is 4.79 Å². The van der Waals surface area contributed by atoms with Crippen molar-refractivity contribution < 1.29 is 9.53 Å². The highest BCUT2D eigenvalue weighted by atomic mass is 16.5. The lowest BCUT2D eigenvalue weighted by molar-refractivity contribution is -0.135. The predicted molar refractivity (Wildman–Crippen MR) is 81.0 cm³/mol. The number of hydrogen-bond donors (Lipinski definition) is 2. The second-order valence-electron chi connectivity index (χ2n) is 5.66. The smallest absolute Gasteiger partial charge is 0.249 e. The van der Waals surface area contributed by atoms with E-state index in [0.29, 0.717) is 13.2 Å². The van der Waals surface area contributed by atoms with Gasteiger partial charge in [-0.25, -0.2) is 4.98 Å². The van der Waals surface area contributed by atoms with Crippen molar-refractivity contribution in [3.8, 4) is 0 Å². The molecule has 3 rings (SSSR count). The number of carbonyl (C=O) groups is 1. The molecule has 1 atom stereocenters. The van der Waals surface area contributed by atoms with Crippen LogP contribution in [0.25, 0.3) is 11.0 Å². The normalized spacial score (nSPS) is 18.9. The summed E-state index contributed by atoms with van der Waals surface area (Å²) in [4.78, 5) is 19.9. The topological polar surface area (TPSA) is 67.0 Å². The summed E-state index contributed by atoms with van der Waals surface area (Å²) < 4.78 is 5.48. The van der Waals surface area contributed by atoms with Crippen molar-refractivity contribution in [2.45, 2.75) is 45.8 Å². The molecule has 0 bridgehead atoms. The maximum atomic E-state index is 12.0. The van der Waals surface area contributed by atoms with Crippen LogP contribution in [-0.2, 0) is 16.1 Å². The van der Waals surface area contributed by atoms with E-state index in [-0.39, 0.29) is 12.0 Å². The van der Waals surface area contributed by atoms with E-state index in [1.54, 1.807) is 0 Å². The first-order valence-corrected chi connectivity index (χ1v) is 7.49. The van der Waals surface area contributed by atoms with Crippen LogP contribution in [0.5, 0.6) is 0 Å². The molecule has 0 aliphatic carbocycles. The third-order valence-electron chi connectivity index (χ3n) is 4.13. The number of aromatic nitrogens is 2. The lowest BCUT2D eigenvalue weighted by Gasteiger charge is -2.21. The molecule has 0 spiro atoms. The Morgan fingerprint density at radius 2 is 2.29 bits per heavy atom. The highest BCUT2D eigenvalue weighted by Gasteiger charge is 2.21. The van der Waals surface area contributed by atoms with Crippen molar-refractivity contribution in [3.05, 3.63) is 29.1 Å². The maximum absolute atomic E-state index is 12.0. The maximum Gasteiger partial charge on any atom is 0.249 e. The molecule has 5 nitrogen and oxygen atoms in total. The zero-order chi connectivity index (χ0) is 14.8. The van der Waals surface area contributed by atoms with Crippen molar-refractivity contribution in [1.29, 1.82) is 0 Å². The molecule has 2 N–H and O–H groups in total. The molecule has 1 aliphatic rings. The minimum atomic E-state index is -0.299. The number of nitrogens with zero attached hydrogens (tertiary/aromatic N) is 1. The largest absolute Gasteiger partial charge is 0.368 e. The summed E-state index contributed by atoms with van der Waals surface area (Å²) in [6.45, 7) is 5.23. The molecular formula is C16H21N3O2. The Morgan fingerprint density at radius 3 is 3.05 bits per heavy atom. The van der Waals surface area contributed by atoms with Gasteiger partial charge in [0, 0.05) is 6.61 Å². The van der Waals surface area contributed by atoms with Gasteiger partial charge in [-0.05, 0) is 50.3 Å². The average molecular weight is 287 g/mol. The molecule has 2 heterocycles. The molecule has 1 aliphatic heterocycles. The van der Waals surface area contributed by atoms with E-state index in [1.165, 1.54) is 11.1 Å². The fourth-order valence-electron chi connectivity index (χ4n) is 2.68. The first-order valence-electron chi connectivity index (χ1n) is 7.49. The summed E-state index contributed by atoms with van der Waals surface area (Å²) in [5.74, 6) is 0.742. The third kappa shape index (κ3) is 2.93. The van der Waals surface area contributed by atoms with Gasteiger partial charge in [0.25, 0.3) is 0 Å². The van der Waals surface area contributed by atoms with Gasteiger partial charge < -0.3 is 15.0 Å². The van der Waals surface area contributed by atoms with Crippen LogP contribution >= 0.6 is 0 Å². The van der Waals surface area contributed by atoms with E-state index < -0.39 is 0 Å². The first kappa shape index (κ1) is 14.1. The molecule has 1 saturated heterocycles. The Bertz CT molecular complexity index is 657. The number of carbonyl (C=O) groups excluding carboxylic acids is 1. The standard InChI is InChI=1S/C16H21N3O2/c1-10-6-7-12-15(11(10)2)19-14(18-12)9-17-16(20)13-5-3-4-8-21-13/h6-7,13H,3-5,8-9H2,1-2H3,(H,17,20)(H,18,19)/t13-/m0/s1. The minimum Gasteiger partial charge on any atom is -0.368 e. The van der Waals surface area contributed by atoms with E-state index in [0.717, 1.165) is 36.1 Å². The lowest BCUT2D eigenvalue weighted by atomic mass is 10.1. The zero-order valence-electron chi connectivity index (χ0n) is 12.5. The third-order valence-corrected chi connectivity index (χ3v) is 4.13. The number of rotatable bonds is 3. The quantitative estimate of drug-likeness (QED) is 0.910. The molecule has 0 unspecified atom stereocenters. The Hall–Kier alpha value is -1.88. The number of H-pyrrole nitrogens is 1. The van der Waals surface area contributed by atoms with E-state index in [2.05, 4.69) is 35.2 Å². The van der Waals surface area contributed by atoms with Gasteiger partial charge in [-0.1, -0.05) is 6.07 Å². The van der Waals surface area contributed by atoms with Crippen LogP contribution in [0.4, 0.5) is 0 Å². The van der Waals surface area contributed by atoms with Gasteiger partial charge in [0.15, 0.2) is 0 Å². The van der Waals surface area contributed by atoms with Gasteiger partial charge >= 0.3 is 0 Å². The molecule has 112 valence electrons. The van der Waals surface area contributed by atoms with Gasteiger partial charge in [-0.3, -0.25) is 4.79 Å². The van der Waals surface area contributed by atoms with Gasteiger partial charge in [-0.2, -0.15) is 0 Å². The number of aryl methyl sites for hydroxylation is 2. The van der Waals surface area contributed by atoms with Crippen LogP contribution < -0.4 is 5.32 Å². The van der Waals surface area contributed by atoms with Crippen molar-refractivity contribution in [1.82, 2.24) is 15.3 Å². The molecule has 2 aromatic rings. The van der Waals surface area contributed by atoms with E-state index >= 15 is 0 Å². The molecule has 1 amide bonds. The highest BCUT2D eigenvalue weighted by Crippen LogP contribution is 2.19. The van der Waals surface area contributed by atoms with Crippen LogP contribution in [0.1, 0.15) is 36.2 Å². The summed E-state index contributed by atoms with van der Waals surface area (Å²) >= 11 is 0. The van der Waals surface area contributed by atoms with Crippen molar-refractivity contribution >= 4 is 16.9 Å². The second-order valence-corrected chi connectivity index (χ2v) is 5.66.